The monoisotopic (exact) mass is 356 g/mol. The van der Waals surface area contributed by atoms with Crippen molar-refractivity contribution in [2.45, 2.75) is 70.4 Å². The van der Waals surface area contributed by atoms with Crippen LogP contribution in [-0.4, -0.2) is 38.5 Å². The Kier molecular flexibility index (Phi) is 3.38. The number of aliphatic hydroxyl groups is 1. The molecule has 1 N–H and O–H groups in total. The van der Waals surface area contributed by atoms with E-state index < -0.39 is 5.54 Å². The van der Waals surface area contributed by atoms with Crippen LogP contribution in [0.2, 0.25) is 0 Å². The lowest BCUT2D eigenvalue weighted by atomic mass is 9.53. The van der Waals surface area contributed by atoms with Crippen molar-refractivity contribution in [2.24, 2.45) is 23.7 Å². The van der Waals surface area contributed by atoms with E-state index in [2.05, 4.69) is 0 Å². The van der Waals surface area contributed by atoms with Crippen LogP contribution in [-0.2, 0) is 9.59 Å². The molecule has 0 aromatic carbocycles. The van der Waals surface area contributed by atoms with E-state index in [0.29, 0.717) is 23.8 Å². The first-order chi connectivity index (χ1) is 12.4. The molecule has 1 aliphatic heterocycles. The predicted octanol–water partition coefficient (Wildman–Crippen LogP) is 3.34. The van der Waals surface area contributed by atoms with Crippen molar-refractivity contribution in [3.05, 3.63) is 23.5 Å². The molecule has 0 spiro atoms. The molecular weight excluding hydrogens is 328 g/mol. The molecule has 26 heavy (non-hydrogen) atoms. The highest BCUT2D eigenvalue weighted by Gasteiger charge is 2.62. The number of nitrogens with zero attached hydrogens (tertiary/aromatic N) is 2. The van der Waals surface area contributed by atoms with E-state index in [9.17, 15) is 14.7 Å². The lowest BCUT2D eigenvalue weighted by Crippen LogP contribution is -2.81. The molecule has 5 nitrogen and oxygen atoms in total. The number of allylic oxidation sites excluding steroid dienone is 2. The van der Waals surface area contributed by atoms with Crippen LogP contribution in [0.1, 0.15) is 58.8 Å². The van der Waals surface area contributed by atoms with Crippen LogP contribution in [0, 0.1) is 23.7 Å². The fraction of sp³-hybridized carbons (Fsp3) is 0.714. The molecule has 0 atom stereocenters. The Morgan fingerprint density at radius 1 is 1.12 bits per heavy atom. The zero-order valence-electron chi connectivity index (χ0n) is 15.6. The number of hydrogen-bond acceptors (Lipinski definition) is 3. The van der Waals surface area contributed by atoms with Crippen molar-refractivity contribution in [3.8, 4) is 0 Å². The van der Waals surface area contributed by atoms with Crippen LogP contribution in [0.15, 0.2) is 23.5 Å². The maximum atomic E-state index is 13.3. The third-order valence-corrected chi connectivity index (χ3v) is 7.50. The maximum absolute atomic E-state index is 13.3. The second-order valence-corrected chi connectivity index (χ2v) is 9.55. The van der Waals surface area contributed by atoms with Gasteiger partial charge >= 0.3 is 0 Å². The normalized spacial score (nSPS) is 40.2. The molecule has 4 saturated carbocycles. The zero-order chi connectivity index (χ0) is 18.2. The fourth-order valence-corrected chi connectivity index (χ4v) is 6.56. The molecule has 0 aromatic rings. The van der Waals surface area contributed by atoms with Crippen LogP contribution in [0.4, 0.5) is 0 Å². The van der Waals surface area contributed by atoms with Gasteiger partial charge in [0.15, 0.2) is 0 Å². The van der Waals surface area contributed by atoms with E-state index in [1.165, 1.54) is 32.1 Å². The molecule has 4 bridgehead atoms. The minimum Gasteiger partial charge on any atom is -0.511 e. The quantitative estimate of drug-likeness (QED) is 0.825. The molecule has 6 rings (SSSR count). The molecule has 1 heterocycles. The molecule has 0 radical (unpaired) electrons. The number of hydrogen-bond donors (Lipinski definition) is 1. The first-order valence-electron chi connectivity index (χ1n) is 10.1. The Morgan fingerprint density at radius 2 is 1.73 bits per heavy atom. The van der Waals surface area contributed by atoms with Crippen LogP contribution < -0.4 is 0 Å². The topological polar surface area (TPSA) is 60.9 Å². The third-order valence-electron chi connectivity index (χ3n) is 7.50. The van der Waals surface area contributed by atoms with Gasteiger partial charge in [-0.05, 0) is 82.1 Å². The molecule has 2 amide bonds. The summed E-state index contributed by atoms with van der Waals surface area (Å²) in [5.74, 6) is 2.71. The van der Waals surface area contributed by atoms with E-state index in [1.54, 1.807) is 16.1 Å². The summed E-state index contributed by atoms with van der Waals surface area (Å²) in [5, 5.41) is 13.7. The lowest BCUT2D eigenvalue weighted by Gasteiger charge is -2.65. The number of carbonyl (C=O) groups excluding carboxylic acids is 2. The average Bonchev–Trinajstić information content (AvgIpc) is 2.59. The summed E-state index contributed by atoms with van der Waals surface area (Å²) in [6.07, 6.45) is 11.1. The average molecular weight is 356 g/mol. The number of amides is 2. The van der Waals surface area contributed by atoms with Crippen molar-refractivity contribution in [1.82, 2.24) is 10.0 Å². The lowest BCUT2D eigenvalue weighted by molar-refractivity contribution is -0.242. The third kappa shape index (κ3) is 2.09. The number of hydrazine groups is 1. The van der Waals surface area contributed by atoms with Crippen molar-refractivity contribution in [3.63, 3.8) is 0 Å². The number of aliphatic hydroxyl groups excluding tert-OH is 1. The second-order valence-electron chi connectivity index (χ2n) is 9.55. The van der Waals surface area contributed by atoms with E-state index in [1.807, 2.05) is 19.9 Å². The smallest absolute Gasteiger partial charge is 0.276 e. The van der Waals surface area contributed by atoms with E-state index in [0.717, 1.165) is 18.3 Å². The van der Waals surface area contributed by atoms with Gasteiger partial charge in [-0.15, -0.1) is 0 Å². The molecule has 0 unspecified atom stereocenters. The first kappa shape index (κ1) is 16.4. The predicted molar refractivity (Wildman–Crippen MR) is 96.6 cm³/mol. The number of rotatable bonds is 2. The summed E-state index contributed by atoms with van der Waals surface area (Å²) >= 11 is 0. The summed E-state index contributed by atoms with van der Waals surface area (Å²) in [6, 6.07) is 0.169. The van der Waals surface area contributed by atoms with E-state index in [-0.39, 0.29) is 23.6 Å². The summed E-state index contributed by atoms with van der Waals surface area (Å²) in [4.78, 5) is 26.3. The van der Waals surface area contributed by atoms with Gasteiger partial charge in [0.25, 0.3) is 11.8 Å². The summed E-state index contributed by atoms with van der Waals surface area (Å²) in [6.45, 7) is 3.65. The SMILES string of the molecule is CC1(C)C(=O)N(C2C3CC4CC(C3)CC2C4)N1C(=O)C1=C(O)CCC=C1. The number of carbonyl (C=O) groups is 2. The highest BCUT2D eigenvalue weighted by molar-refractivity contribution is 6.05. The van der Waals surface area contributed by atoms with Gasteiger partial charge < -0.3 is 5.11 Å². The van der Waals surface area contributed by atoms with Crippen LogP contribution >= 0.6 is 0 Å². The summed E-state index contributed by atoms with van der Waals surface area (Å²) < 4.78 is 0. The Balaban J connectivity index is 1.47. The van der Waals surface area contributed by atoms with Gasteiger partial charge in [0, 0.05) is 6.42 Å². The van der Waals surface area contributed by atoms with Gasteiger partial charge in [-0.3, -0.25) is 9.59 Å². The largest absolute Gasteiger partial charge is 0.511 e. The molecular formula is C21H28N2O3. The van der Waals surface area contributed by atoms with Gasteiger partial charge in [-0.25, -0.2) is 10.0 Å². The van der Waals surface area contributed by atoms with Crippen molar-refractivity contribution >= 4 is 11.8 Å². The molecule has 5 fully saturated rings. The molecule has 6 aliphatic rings. The standard InChI is InChI=1S/C21H28N2O3/c1-21(2)20(26)22(23(21)19(25)16-5-3-4-6-17(16)24)18-14-8-12-7-13(10-14)11-15(18)9-12/h3,5,12-15,18,24H,4,6-11H2,1-2H3. The van der Waals surface area contributed by atoms with Gasteiger partial charge in [0.2, 0.25) is 0 Å². The van der Waals surface area contributed by atoms with Gasteiger partial charge in [-0.2, -0.15) is 0 Å². The molecule has 5 heteroatoms. The van der Waals surface area contributed by atoms with E-state index in [4.69, 9.17) is 0 Å². The molecule has 140 valence electrons. The highest BCUT2D eigenvalue weighted by Crippen LogP contribution is 2.57. The second kappa shape index (κ2) is 5.37. The molecule has 5 aliphatic carbocycles. The minimum atomic E-state index is -0.829. The van der Waals surface area contributed by atoms with Crippen molar-refractivity contribution in [2.75, 3.05) is 0 Å². The van der Waals surface area contributed by atoms with Crippen molar-refractivity contribution in [1.29, 1.82) is 0 Å². The summed E-state index contributed by atoms with van der Waals surface area (Å²) in [5.41, 5.74) is -0.477. The Bertz CT molecular complexity index is 708. The minimum absolute atomic E-state index is 0.0585. The summed E-state index contributed by atoms with van der Waals surface area (Å²) in [7, 11) is 0. The Hall–Kier alpha value is -1.78. The molecule has 0 aromatic heterocycles. The van der Waals surface area contributed by atoms with Gasteiger partial charge in [0.05, 0.1) is 11.6 Å². The molecule has 1 saturated heterocycles. The van der Waals surface area contributed by atoms with Crippen LogP contribution in [0.25, 0.3) is 0 Å². The van der Waals surface area contributed by atoms with Crippen LogP contribution in [0.5, 0.6) is 0 Å². The first-order valence-corrected chi connectivity index (χ1v) is 10.1. The van der Waals surface area contributed by atoms with E-state index >= 15 is 0 Å². The van der Waals surface area contributed by atoms with Gasteiger partial charge in [-0.1, -0.05) is 6.08 Å². The highest BCUT2D eigenvalue weighted by atomic mass is 16.3. The van der Waals surface area contributed by atoms with Crippen molar-refractivity contribution < 1.29 is 14.7 Å². The Labute approximate surface area is 154 Å². The maximum Gasteiger partial charge on any atom is 0.276 e. The zero-order valence-corrected chi connectivity index (χ0v) is 15.6. The van der Waals surface area contributed by atoms with Gasteiger partial charge in [0.1, 0.15) is 11.3 Å². The van der Waals surface area contributed by atoms with Crippen LogP contribution in [0.3, 0.4) is 0 Å². The fourth-order valence-electron chi connectivity index (χ4n) is 6.56. The Morgan fingerprint density at radius 3 is 2.31 bits per heavy atom.